The van der Waals surface area contributed by atoms with Crippen molar-refractivity contribution in [3.63, 3.8) is 0 Å². The molecule has 1 nitrogen and oxygen atoms in total. The summed E-state index contributed by atoms with van der Waals surface area (Å²) < 4.78 is 12.9. The molecule has 0 fully saturated rings. The van der Waals surface area contributed by atoms with Crippen molar-refractivity contribution in [2.24, 2.45) is 0 Å². The number of nitrogens with one attached hydrogen (secondary N) is 1. The Kier molecular flexibility index (Phi) is 6.27. The molecule has 112 valence electrons. The van der Waals surface area contributed by atoms with Crippen LogP contribution < -0.4 is 5.32 Å². The Morgan fingerprint density at radius 3 is 2.57 bits per heavy atom. The van der Waals surface area contributed by atoms with Gasteiger partial charge in [-0.2, -0.15) is 0 Å². The summed E-state index contributed by atoms with van der Waals surface area (Å²) in [6.45, 7) is 5.30. The third kappa shape index (κ3) is 5.18. The monoisotopic (exact) mass is 303 g/mol. The zero-order valence-corrected chi connectivity index (χ0v) is 13.4. The maximum absolute atomic E-state index is 12.9. The summed E-state index contributed by atoms with van der Waals surface area (Å²) in [5, 5.41) is 3.60. The maximum atomic E-state index is 12.9. The van der Waals surface area contributed by atoms with E-state index in [-0.39, 0.29) is 5.82 Å². The standard InChI is InChI=1S/C18H22FNS/c1-3-11-20-18(15-6-4-5-14(2)12-15)13-21-17-9-7-16(19)8-10-17/h4-10,12,18,20H,3,11,13H2,1-2H3. The number of benzene rings is 2. The van der Waals surface area contributed by atoms with Crippen LogP contribution in [0.15, 0.2) is 53.4 Å². The van der Waals surface area contributed by atoms with Crippen LogP contribution in [0, 0.1) is 12.7 Å². The second kappa shape index (κ2) is 8.20. The third-order valence-corrected chi connectivity index (χ3v) is 4.42. The van der Waals surface area contributed by atoms with Crippen molar-refractivity contribution in [1.82, 2.24) is 5.32 Å². The Morgan fingerprint density at radius 1 is 1.14 bits per heavy atom. The first-order chi connectivity index (χ1) is 10.2. The van der Waals surface area contributed by atoms with Crippen molar-refractivity contribution < 1.29 is 4.39 Å². The lowest BCUT2D eigenvalue weighted by Crippen LogP contribution is -2.24. The van der Waals surface area contributed by atoms with Gasteiger partial charge in [-0.15, -0.1) is 11.8 Å². The molecule has 0 saturated carbocycles. The highest BCUT2D eigenvalue weighted by molar-refractivity contribution is 7.99. The minimum Gasteiger partial charge on any atom is -0.309 e. The van der Waals surface area contributed by atoms with E-state index in [0.29, 0.717) is 6.04 Å². The zero-order valence-electron chi connectivity index (χ0n) is 12.6. The van der Waals surface area contributed by atoms with E-state index >= 15 is 0 Å². The van der Waals surface area contributed by atoms with Crippen LogP contribution in [-0.2, 0) is 0 Å². The molecule has 0 aromatic heterocycles. The molecule has 0 aliphatic heterocycles. The van der Waals surface area contributed by atoms with Crippen molar-refractivity contribution >= 4 is 11.8 Å². The van der Waals surface area contributed by atoms with Crippen LogP contribution in [-0.4, -0.2) is 12.3 Å². The molecule has 2 rings (SSSR count). The highest BCUT2D eigenvalue weighted by Gasteiger charge is 2.11. The summed E-state index contributed by atoms with van der Waals surface area (Å²) in [7, 11) is 0. The van der Waals surface area contributed by atoms with Gasteiger partial charge >= 0.3 is 0 Å². The van der Waals surface area contributed by atoms with Gasteiger partial charge in [-0.05, 0) is 49.7 Å². The molecule has 0 aliphatic rings. The largest absolute Gasteiger partial charge is 0.309 e. The fourth-order valence-electron chi connectivity index (χ4n) is 2.19. The number of hydrogen-bond donors (Lipinski definition) is 1. The number of rotatable bonds is 7. The zero-order chi connectivity index (χ0) is 15.1. The fourth-order valence-corrected chi connectivity index (χ4v) is 3.19. The van der Waals surface area contributed by atoms with E-state index in [1.54, 1.807) is 11.8 Å². The van der Waals surface area contributed by atoms with E-state index in [1.807, 2.05) is 12.1 Å². The molecule has 1 atom stereocenters. The fraction of sp³-hybridized carbons (Fsp3) is 0.333. The molecule has 2 aromatic rings. The molecule has 0 saturated heterocycles. The summed E-state index contributed by atoms with van der Waals surface area (Å²) in [6, 6.07) is 15.7. The summed E-state index contributed by atoms with van der Waals surface area (Å²) >= 11 is 1.76. The van der Waals surface area contributed by atoms with E-state index in [4.69, 9.17) is 0 Å². The van der Waals surface area contributed by atoms with E-state index in [1.165, 1.54) is 23.3 Å². The van der Waals surface area contributed by atoms with Crippen LogP contribution in [0.5, 0.6) is 0 Å². The Hall–Kier alpha value is -1.32. The molecule has 1 unspecified atom stereocenters. The molecule has 21 heavy (non-hydrogen) atoms. The first-order valence-corrected chi connectivity index (χ1v) is 8.36. The first-order valence-electron chi connectivity index (χ1n) is 7.37. The molecule has 0 amide bonds. The molecular formula is C18H22FNS. The minimum atomic E-state index is -0.182. The lowest BCUT2D eigenvalue weighted by molar-refractivity contribution is 0.577. The summed E-state index contributed by atoms with van der Waals surface area (Å²) in [4.78, 5) is 1.10. The maximum Gasteiger partial charge on any atom is 0.123 e. The molecule has 0 radical (unpaired) electrons. The Balaban J connectivity index is 2.04. The van der Waals surface area contributed by atoms with Crippen molar-refractivity contribution in [2.45, 2.75) is 31.2 Å². The molecular weight excluding hydrogens is 281 g/mol. The third-order valence-electron chi connectivity index (χ3n) is 3.32. The summed E-state index contributed by atoms with van der Waals surface area (Å²) in [6.07, 6.45) is 1.11. The van der Waals surface area contributed by atoms with Gasteiger partial charge in [0.25, 0.3) is 0 Å². The van der Waals surface area contributed by atoms with E-state index < -0.39 is 0 Å². The normalized spacial score (nSPS) is 12.3. The van der Waals surface area contributed by atoms with E-state index in [2.05, 4.69) is 43.4 Å². The second-order valence-electron chi connectivity index (χ2n) is 5.19. The smallest absolute Gasteiger partial charge is 0.123 e. The average molecular weight is 303 g/mol. The van der Waals surface area contributed by atoms with Crippen molar-refractivity contribution in [1.29, 1.82) is 0 Å². The molecule has 1 N–H and O–H groups in total. The van der Waals surface area contributed by atoms with Crippen molar-refractivity contribution in [2.75, 3.05) is 12.3 Å². The van der Waals surface area contributed by atoms with Gasteiger partial charge in [0.15, 0.2) is 0 Å². The van der Waals surface area contributed by atoms with Gasteiger partial charge in [-0.3, -0.25) is 0 Å². The predicted molar refractivity (Wildman–Crippen MR) is 89.3 cm³/mol. The van der Waals surface area contributed by atoms with Crippen molar-refractivity contribution in [3.8, 4) is 0 Å². The highest BCUT2D eigenvalue weighted by atomic mass is 32.2. The lowest BCUT2D eigenvalue weighted by atomic mass is 10.1. The molecule has 0 bridgehead atoms. The lowest BCUT2D eigenvalue weighted by Gasteiger charge is -2.19. The molecule has 0 spiro atoms. The van der Waals surface area contributed by atoms with Gasteiger partial charge in [0.05, 0.1) is 0 Å². The minimum absolute atomic E-state index is 0.182. The van der Waals surface area contributed by atoms with Crippen molar-refractivity contribution in [3.05, 3.63) is 65.5 Å². The van der Waals surface area contributed by atoms with E-state index in [9.17, 15) is 4.39 Å². The summed E-state index contributed by atoms with van der Waals surface area (Å²) in [5.74, 6) is 0.758. The SMILES string of the molecule is CCCNC(CSc1ccc(F)cc1)c1cccc(C)c1. The van der Waals surface area contributed by atoms with Crippen LogP contribution in [0.1, 0.15) is 30.5 Å². The first kappa shape index (κ1) is 16.1. The van der Waals surface area contributed by atoms with Crippen LogP contribution in [0.3, 0.4) is 0 Å². The number of thioether (sulfide) groups is 1. The molecule has 0 aliphatic carbocycles. The van der Waals surface area contributed by atoms with Gasteiger partial charge in [0, 0.05) is 16.7 Å². The summed E-state index contributed by atoms with van der Waals surface area (Å²) in [5.41, 5.74) is 2.60. The van der Waals surface area contributed by atoms with Crippen LogP contribution in [0.4, 0.5) is 4.39 Å². The van der Waals surface area contributed by atoms with Crippen LogP contribution in [0.2, 0.25) is 0 Å². The van der Waals surface area contributed by atoms with Gasteiger partial charge in [-0.1, -0.05) is 36.8 Å². The molecule has 3 heteroatoms. The van der Waals surface area contributed by atoms with Crippen LogP contribution in [0.25, 0.3) is 0 Å². The number of hydrogen-bond acceptors (Lipinski definition) is 2. The van der Waals surface area contributed by atoms with Gasteiger partial charge < -0.3 is 5.32 Å². The molecule has 2 aromatic carbocycles. The average Bonchev–Trinajstić information content (AvgIpc) is 2.49. The highest BCUT2D eigenvalue weighted by Crippen LogP contribution is 2.25. The Morgan fingerprint density at radius 2 is 1.90 bits per heavy atom. The number of aryl methyl sites for hydroxylation is 1. The predicted octanol–water partition coefficient (Wildman–Crippen LogP) is 4.97. The second-order valence-corrected chi connectivity index (χ2v) is 6.28. The quantitative estimate of drug-likeness (QED) is 0.725. The van der Waals surface area contributed by atoms with Gasteiger partial charge in [0.2, 0.25) is 0 Å². The van der Waals surface area contributed by atoms with Crippen LogP contribution >= 0.6 is 11.8 Å². The number of halogens is 1. The Bertz CT molecular complexity index is 553. The van der Waals surface area contributed by atoms with E-state index in [0.717, 1.165) is 23.6 Å². The van der Waals surface area contributed by atoms with Gasteiger partial charge in [-0.25, -0.2) is 4.39 Å². The molecule has 0 heterocycles. The topological polar surface area (TPSA) is 12.0 Å². The Labute approximate surface area is 131 Å². The van der Waals surface area contributed by atoms with Gasteiger partial charge in [0.1, 0.15) is 5.82 Å².